The summed E-state index contributed by atoms with van der Waals surface area (Å²) in [4.78, 5) is 22.5. The lowest BCUT2D eigenvalue weighted by Crippen LogP contribution is -2.40. The van der Waals surface area contributed by atoms with E-state index in [1.807, 2.05) is 53.4 Å². The summed E-state index contributed by atoms with van der Waals surface area (Å²) >= 11 is 0. The van der Waals surface area contributed by atoms with Gasteiger partial charge in [0.05, 0.1) is 18.1 Å². The predicted molar refractivity (Wildman–Crippen MR) is 102 cm³/mol. The quantitative estimate of drug-likeness (QED) is 0.750. The van der Waals surface area contributed by atoms with Crippen molar-refractivity contribution in [2.75, 3.05) is 25.5 Å². The molecule has 0 unspecified atom stereocenters. The molecule has 1 aliphatic heterocycles. The molecule has 1 aliphatic rings. The number of fused-ring (bicyclic) bond motifs is 1. The van der Waals surface area contributed by atoms with E-state index in [4.69, 9.17) is 9.72 Å². The Balaban J connectivity index is 1.37. The number of aromatic amines is 1. The van der Waals surface area contributed by atoms with Gasteiger partial charge in [0.1, 0.15) is 11.6 Å². The molecule has 0 bridgehead atoms. The standard InChI is InChI=1S/C20H22N4O2/c1-26-16-6-4-5-15(13-16)21-20(25)24-11-9-14(10-12-24)19-22-17-7-2-3-8-18(17)23-19/h2-8,13-14H,9-12H2,1H3,(H,21,25)(H,22,23). The van der Waals surface area contributed by atoms with Crippen LogP contribution in [-0.2, 0) is 0 Å². The largest absolute Gasteiger partial charge is 0.497 e. The summed E-state index contributed by atoms with van der Waals surface area (Å²) in [6, 6.07) is 15.4. The number of amides is 2. The van der Waals surface area contributed by atoms with E-state index in [9.17, 15) is 4.79 Å². The van der Waals surface area contributed by atoms with Crippen LogP contribution in [0.2, 0.25) is 0 Å². The highest BCUT2D eigenvalue weighted by Gasteiger charge is 2.25. The molecule has 0 saturated carbocycles. The minimum absolute atomic E-state index is 0.0682. The van der Waals surface area contributed by atoms with Crippen LogP contribution in [0.25, 0.3) is 11.0 Å². The number of ether oxygens (including phenoxy) is 1. The Morgan fingerprint density at radius 2 is 2.00 bits per heavy atom. The SMILES string of the molecule is COc1cccc(NC(=O)N2CCC(c3nc4ccccc4[nH]3)CC2)c1. The fraction of sp³-hybridized carbons (Fsp3) is 0.300. The van der Waals surface area contributed by atoms with Crippen molar-refractivity contribution in [3.05, 3.63) is 54.4 Å². The number of rotatable bonds is 3. The van der Waals surface area contributed by atoms with Gasteiger partial charge in [-0.25, -0.2) is 9.78 Å². The van der Waals surface area contributed by atoms with Crippen molar-refractivity contribution in [1.82, 2.24) is 14.9 Å². The van der Waals surface area contributed by atoms with Crippen molar-refractivity contribution < 1.29 is 9.53 Å². The predicted octanol–water partition coefficient (Wildman–Crippen LogP) is 3.98. The van der Waals surface area contributed by atoms with Gasteiger partial charge in [0.2, 0.25) is 0 Å². The number of piperidine rings is 1. The van der Waals surface area contributed by atoms with Crippen molar-refractivity contribution in [3.8, 4) is 5.75 Å². The number of carbonyl (C=O) groups excluding carboxylic acids is 1. The third-order valence-corrected chi connectivity index (χ3v) is 4.90. The average Bonchev–Trinajstić information content (AvgIpc) is 3.12. The maximum Gasteiger partial charge on any atom is 0.321 e. The van der Waals surface area contributed by atoms with E-state index in [1.54, 1.807) is 7.11 Å². The first kappa shape index (κ1) is 16.4. The van der Waals surface area contributed by atoms with Gasteiger partial charge in [0.15, 0.2) is 0 Å². The monoisotopic (exact) mass is 350 g/mol. The third kappa shape index (κ3) is 3.35. The van der Waals surface area contributed by atoms with E-state index in [-0.39, 0.29) is 6.03 Å². The zero-order chi connectivity index (χ0) is 17.9. The normalized spacial score (nSPS) is 15.2. The molecule has 2 N–H and O–H groups in total. The number of carbonyl (C=O) groups is 1. The smallest absolute Gasteiger partial charge is 0.321 e. The average molecular weight is 350 g/mol. The van der Waals surface area contributed by atoms with Crippen LogP contribution in [-0.4, -0.2) is 41.1 Å². The summed E-state index contributed by atoms with van der Waals surface area (Å²) in [5.41, 5.74) is 2.81. The van der Waals surface area contributed by atoms with Gasteiger partial charge >= 0.3 is 6.03 Å². The Labute approximate surface area is 152 Å². The lowest BCUT2D eigenvalue weighted by atomic mass is 9.96. The molecule has 6 nitrogen and oxygen atoms in total. The molecule has 134 valence electrons. The molecular weight excluding hydrogens is 328 g/mol. The Hall–Kier alpha value is -3.02. The van der Waals surface area contributed by atoms with Crippen LogP contribution >= 0.6 is 0 Å². The molecule has 6 heteroatoms. The van der Waals surface area contributed by atoms with Crippen molar-refractivity contribution in [1.29, 1.82) is 0 Å². The fourth-order valence-electron chi connectivity index (χ4n) is 3.43. The van der Waals surface area contributed by atoms with Gasteiger partial charge in [-0.3, -0.25) is 0 Å². The fourth-order valence-corrected chi connectivity index (χ4v) is 3.43. The molecular formula is C20H22N4O2. The molecule has 2 amide bonds. The molecule has 0 radical (unpaired) electrons. The molecule has 0 aliphatic carbocycles. The van der Waals surface area contributed by atoms with E-state index in [0.29, 0.717) is 5.92 Å². The number of H-pyrrole nitrogens is 1. The number of hydrogen-bond acceptors (Lipinski definition) is 3. The number of imidazole rings is 1. The van der Waals surface area contributed by atoms with E-state index in [2.05, 4.69) is 10.3 Å². The number of methoxy groups -OCH3 is 1. The molecule has 1 fully saturated rings. The van der Waals surface area contributed by atoms with Crippen LogP contribution in [0.5, 0.6) is 5.75 Å². The summed E-state index contributed by atoms with van der Waals surface area (Å²) in [7, 11) is 1.61. The number of hydrogen-bond donors (Lipinski definition) is 2. The number of para-hydroxylation sites is 2. The molecule has 2 aromatic carbocycles. The highest BCUT2D eigenvalue weighted by molar-refractivity contribution is 5.89. The molecule has 3 aromatic rings. The van der Waals surface area contributed by atoms with Crippen molar-refractivity contribution in [2.24, 2.45) is 0 Å². The highest BCUT2D eigenvalue weighted by atomic mass is 16.5. The first-order chi connectivity index (χ1) is 12.7. The third-order valence-electron chi connectivity index (χ3n) is 4.90. The Kier molecular flexibility index (Phi) is 4.48. The van der Waals surface area contributed by atoms with Crippen LogP contribution in [0.3, 0.4) is 0 Å². The highest BCUT2D eigenvalue weighted by Crippen LogP contribution is 2.28. The zero-order valence-corrected chi connectivity index (χ0v) is 14.7. The minimum atomic E-state index is -0.0682. The van der Waals surface area contributed by atoms with Crippen LogP contribution in [0.15, 0.2) is 48.5 Å². The van der Waals surface area contributed by atoms with Gasteiger partial charge in [-0.05, 0) is 37.1 Å². The number of anilines is 1. The van der Waals surface area contributed by atoms with Gasteiger partial charge in [-0.2, -0.15) is 0 Å². The van der Waals surface area contributed by atoms with Crippen LogP contribution in [0.1, 0.15) is 24.6 Å². The first-order valence-corrected chi connectivity index (χ1v) is 8.87. The number of aromatic nitrogens is 2. The van der Waals surface area contributed by atoms with E-state index >= 15 is 0 Å². The Bertz CT molecular complexity index is 880. The summed E-state index contributed by atoms with van der Waals surface area (Å²) in [6.07, 6.45) is 1.82. The maximum atomic E-state index is 12.5. The van der Waals surface area contributed by atoms with Gasteiger partial charge < -0.3 is 19.9 Å². The van der Waals surface area contributed by atoms with Gasteiger partial charge in [0, 0.05) is 30.8 Å². The number of nitrogens with one attached hydrogen (secondary N) is 2. The number of nitrogens with zero attached hydrogens (tertiary/aromatic N) is 2. The van der Waals surface area contributed by atoms with Crippen LogP contribution in [0, 0.1) is 0 Å². The van der Waals surface area contributed by atoms with Crippen molar-refractivity contribution >= 4 is 22.8 Å². The van der Waals surface area contributed by atoms with Crippen LogP contribution in [0.4, 0.5) is 10.5 Å². The zero-order valence-electron chi connectivity index (χ0n) is 14.7. The number of likely N-dealkylation sites (tertiary alicyclic amines) is 1. The Morgan fingerprint density at radius 1 is 1.19 bits per heavy atom. The van der Waals surface area contributed by atoms with Crippen molar-refractivity contribution in [3.63, 3.8) is 0 Å². The number of urea groups is 1. The molecule has 1 saturated heterocycles. The maximum absolute atomic E-state index is 12.5. The second-order valence-electron chi connectivity index (χ2n) is 6.56. The molecule has 2 heterocycles. The van der Waals surface area contributed by atoms with E-state index < -0.39 is 0 Å². The van der Waals surface area contributed by atoms with E-state index in [1.165, 1.54) is 0 Å². The van der Waals surface area contributed by atoms with E-state index in [0.717, 1.165) is 54.2 Å². The molecule has 26 heavy (non-hydrogen) atoms. The Morgan fingerprint density at radius 3 is 2.77 bits per heavy atom. The van der Waals surface area contributed by atoms with Crippen LogP contribution < -0.4 is 10.1 Å². The summed E-state index contributed by atoms with van der Waals surface area (Å²) in [6.45, 7) is 1.44. The first-order valence-electron chi connectivity index (χ1n) is 8.87. The summed E-state index contributed by atoms with van der Waals surface area (Å²) in [5.74, 6) is 2.12. The van der Waals surface area contributed by atoms with Gasteiger partial charge in [-0.15, -0.1) is 0 Å². The molecule has 0 atom stereocenters. The molecule has 0 spiro atoms. The second-order valence-corrected chi connectivity index (χ2v) is 6.56. The lowest BCUT2D eigenvalue weighted by Gasteiger charge is -2.31. The van der Waals surface area contributed by atoms with Crippen molar-refractivity contribution in [2.45, 2.75) is 18.8 Å². The summed E-state index contributed by atoms with van der Waals surface area (Å²) in [5, 5.41) is 2.95. The summed E-state index contributed by atoms with van der Waals surface area (Å²) < 4.78 is 5.19. The number of benzene rings is 2. The minimum Gasteiger partial charge on any atom is -0.497 e. The lowest BCUT2D eigenvalue weighted by molar-refractivity contribution is 0.193. The van der Waals surface area contributed by atoms with Gasteiger partial charge in [0.25, 0.3) is 0 Å². The molecule has 4 rings (SSSR count). The molecule has 1 aromatic heterocycles. The second kappa shape index (κ2) is 7.07. The topological polar surface area (TPSA) is 70.2 Å². The van der Waals surface area contributed by atoms with Gasteiger partial charge in [-0.1, -0.05) is 18.2 Å².